The molecule has 1 N–H and O–H groups in total. The summed E-state index contributed by atoms with van der Waals surface area (Å²) in [4.78, 5) is 11.3. The van der Waals surface area contributed by atoms with Gasteiger partial charge in [0.1, 0.15) is 0 Å². The van der Waals surface area contributed by atoms with Crippen LogP contribution in [-0.2, 0) is 6.54 Å². The van der Waals surface area contributed by atoms with Gasteiger partial charge in [-0.05, 0) is 25.9 Å². The predicted molar refractivity (Wildman–Crippen MR) is 92.5 cm³/mol. The molecule has 1 aromatic heterocycles. The minimum absolute atomic E-state index is 0.498. The van der Waals surface area contributed by atoms with Crippen LogP contribution >= 0.6 is 11.3 Å². The number of rotatable bonds is 6. The number of aromatic nitrogens is 1. The average molecular weight is 311 g/mol. The Bertz CT molecular complexity index is 443. The Balaban J connectivity index is 2.15. The number of thiazole rings is 1. The van der Waals surface area contributed by atoms with Crippen LogP contribution in [0.5, 0.6) is 0 Å². The van der Waals surface area contributed by atoms with Crippen LogP contribution in [0.3, 0.4) is 0 Å². The summed E-state index contributed by atoms with van der Waals surface area (Å²) in [6, 6.07) is 0.655. The summed E-state index contributed by atoms with van der Waals surface area (Å²) in [5, 5.41) is 4.67. The van der Waals surface area contributed by atoms with Crippen molar-refractivity contribution in [2.24, 2.45) is 0 Å². The molecular formula is C16H30N4S. The number of anilines is 1. The standard InChI is InChI=1S/C16H30N4S/c1-6-13-11-20(9-8-19(13)5)16-18-15(12(3)4)14(21-16)10-17-7-2/h12-13,17H,6-11H2,1-5H3. The molecule has 2 heterocycles. The number of hydrogen-bond acceptors (Lipinski definition) is 5. The lowest BCUT2D eigenvalue weighted by Gasteiger charge is -2.39. The Morgan fingerprint density at radius 3 is 2.71 bits per heavy atom. The third-order valence-electron chi connectivity index (χ3n) is 4.32. The first-order valence-corrected chi connectivity index (χ1v) is 9.03. The van der Waals surface area contributed by atoms with Gasteiger partial charge in [-0.15, -0.1) is 11.3 Å². The Labute approximate surface area is 133 Å². The summed E-state index contributed by atoms with van der Waals surface area (Å²) >= 11 is 1.88. The van der Waals surface area contributed by atoms with E-state index in [4.69, 9.17) is 4.98 Å². The van der Waals surface area contributed by atoms with Crippen LogP contribution in [0, 0.1) is 0 Å². The van der Waals surface area contributed by atoms with Gasteiger partial charge in [0.15, 0.2) is 5.13 Å². The fourth-order valence-corrected chi connectivity index (χ4v) is 4.08. The smallest absolute Gasteiger partial charge is 0.185 e. The van der Waals surface area contributed by atoms with E-state index in [1.165, 1.54) is 22.1 Å². The molecule has 0 bridgehead atoms. The van der Waals surface area contributed by atoms with Gasteiger partial charge >= 0.3 is 0 Å². The summed E-state index contributed by atoms with van der Waals surface area (Å²) in [6.07, 6.45) is 1.21. The van der Waals surface area contributed by atoms with Crippen LogP contribution in [0.4, 0.5) is 5.13 Å². The molecule has 0 radical (unpaired) electrons. The monoisotopic (exact) mass is 310 g/mol. The van der Waals surface area contributed by atoms with Crippen LogP contribution in [0.25, 0.3) is 0 Å². The highest BCUT2D eigenvalue weighted by molar-refractivity contribution is 7.15. The zero-order chi connectivity index (χ0) is 15.4. The quantitative estimate of drug-likeness (QED) is 0.875. The highest BCUT2D eigenvalue weighted by Crippen LogP contribution is 2.32. The highest BCUT2D eigenvalue weighted by atomic mass is 32.1. The molecule has 1 fully saturated rings. The molecule has 0 aliphatic carbocycles. The number of nitrogens with zero attached hydrogens (tertiary/aromatic N) is 3. The lowest BCUT2D eigenvalue weighted by atomic mass is 10.1. The van der Waals surface area contributed by atoms with Gasteiger partial charge in [-0.1, -0.05) is 27.7 Å². The molecule has 0 amide bonds. The second kappa shape index (κ2) is 7.56. The summed E-state index contributed by atoms with van der Waals surface area (Å²) in [7, 11) is 2.24. The first-order valence-electron chi connectivity index (χ1n) is 8.22. The van der Waals surface area contributed by atoms with Crippen LogP contribution in [0.2, 0.25) is 0 Å². The first kappa shape index (κ1) is 16.7. The second-order valence-electron chi connectivity index (χ2n) is 6.23. The third-order valence-corrected chi connectivity index (χ3v) is 5.45. The molecule has 1 atom stereocenters. The lowest BCUT2D eigenvalue weighted by molar-refractivity contribution is 0.213. The van der Waals surface area contributed by atoms with E-state index in [0.29, 0.717) is 12.0 Å². The molecule has 1 aliphatic heterocycles. The van der Waals surface area contributed by atoms with Gasteiger partial charge in [0.25, 0.3) is 0 Å². The number of likely N-dealkylation sites (N-methyl/N-ethyl adjacent to an activating group) is 1. The maximum Gasteiger partial charge on any atom is 0.185 e. The van der Waals surface area contributed by atoms with Crippen molar-refractivity contribution in [3.8, 4) is 0 Å². The fourth-order valence-electron chi connectivity index (χ4n) is 2.86. The second-order valence-corrected chi connectivity index (χ2v) is 7.29. The van der Waals surface area contributed by atoms with Crippen molar-refractivity contribution in [3.63, 3.8) is 0 Å². The molecule has 1 aliphatic rings. The van der Waals surface area contributed by atoms with E-state index in [1.807, 2.05) is 11.3 Å². The van der Waals surface area contributed by atoms with E-state index in [9.17, 15) is 0 Å². The average Bonchev–Trinajstić information content (AvgIpc) is 2.90. The maximum absolute atomic E-state index is 4.97. The van der Waals surface area contributed by atoms with Crippen molar-refractivity contribution >= 4 is 16.5 Å². The summed E-state index contributed by atoms with van der Waals surface area (Å²) in [6.45, 7) is 14.2. The summed E-state index contributed by atoms with van der Waals surface area (Å²) < 4.78 is 0. The normalized spacial score (nSPS) is 20.5. The molecule has 21 heavy (non-hydrogen) atoms. The Morgan fingerprint density at radius 2 is 2.10 bits per heavy atom. The van der Waals surface area contributed by atoms with Crippen molar-refractivity contribution in [3.05, 3.63) is 10.6 Å². The first-order chi connectivity index (χ1) is 10.1. The minimum Gasteiger partial charge on any atom is -0.345 e. The lowest BCUT2D eigenvalue weighted by Crippen LogP contribution is -2.51. The molecule has 4 nitrogen and oxygen atoms in total. The number of hydrogen-bond donors (Lipinski definition) is 1. The number of nitrogens with one attached hydrogen (secondary N) is 1. The minimum atomic E-state index is 0.498. The molecule has 0 spiro atoms. The van der Waals surface area contributed by atoms with Gasteiger partial charge in [0.2, 0.25) is 0 Å². The molecule has 1 saturated heterocycles. The van der Waals surface area contributed by atoms with Crippen LogP contribution in [0.15, 0.2) is 0 Å². The van der Waals surface area contributed by atoms with Crippen LogP contribution < -0.4 is 10.2 Å². The van der Waals surface area contributed by atoms with Crippen molar-refractivity contribution in [1.29, 1.82) is 0 Å². The Hall–Kier alpha value is -0.650. The van der Waals surface area contributed by atoms with Gasteiger partial charge in [0, 0.05) is 37.1 Å². The van der Waals surface area contributed by atoms with Crippen molar-refractivity contribution in [1.82, 2.24) is 15.2 Å². The van der Waals surface area contributed by atoms with Crippen molar-refractivity contribution in [2.75, 3.05) is 38.1 Å². The zero-order valence-corrected chi connectivity index (χ0v) is 15.0. The van der Waals surface area contributed by atoms with Gasteiger partial charge < -0.3 is 10.2 Å². The molecule has 1 unspecified atom stereocenters. The molecule has 2 rings (SSSR count). The van der Waals surface area contributed by atoms with Crippen LogP contribution in [-0.4, -0.2) is 49.2 Å². The van der Waals surface area contributed by atoms with E-state index in [1.54, 1.807) is 0 Å². The topological polar surface area (TPSA) is 31.4 Å². The van der Waals surface area contributed by atoms with Crippen molar-refractivity contribution in [2.45, 2.75) is 52.6 Å². The van der Waals surface area contributed by atoms with Crippen molar-refractivity contribution < 1.29 is 0 Å². The van der Waals surface area contributed by atoms with Gasteiger partial charge in [-0.3, -0.25) is 4.90 Å². The molecule has 120 valence electrons. The van der Waals surface area contributed by atoms with E-state index < -0.39 is 0 Å². The van der Waals surface area contributed by atoms with E-state index in [-0.39, 0.29) is 0 Å². The third kappa shape index (κ3) is 3.96. The van der Waals surface area contributed by atoms with Gasteiger partial charge in [0.05, 0.1) is 5.69 Å². The molecule has 1 aromatic rings. The van der Waals surface area contributed by atoms with Crippen LogP contribution in [0.1, 0.15) is 50.6 Å². The predicted octanol–water partition coefficient (Wildman–Crippen LogP) is 2.91. The fraction of sp³-hybridized carbons (Fsp3) is 0.812. The summed E-state index contributed by atoms with van der Waals surface area (Å²) in [5.41, 5.74) is 1.28. The SMILES string of the molecule is CCNCc1sc(N2CCN(C)C(CC)C2)nc1C(C)C. The molecule has 0 saturated carbocycles. The highest BCUT2D eigenvalue weighted by Gasteiger charge is 2.26. The zero-order valence-electron chi connectivity index (χ0n) is 14.1. The van der Waals surface area contributed by atoms with Gasteiger partial charge in [-0.2, -0.15) is 0 Å². The summed E-state index contributed by atoms with van der Waals surface area (Å²) in [5.74, 6) is 0.498. The largest absolute Gasteiger partial charge is 0.345 e. The number of piperazine rings is 1. The van der Waals surface area contributed by atoms with E-state index in [2.05, 4.69) is 49.9 Å². The molecular weight excluding hydrogens is 280 g/mol. The molecule has 5 heteroatoms. The Morgan fingerprint density at radius 1 is 1.33 bits per heavy atom. The molecule has 0 aromatic carbocycles. The maximum atomic E-state index is 4.97. The van der Waals surface area contributed by atoms with E-state index >= 15 is 0 Å². The van der Waals surface area contributed by atoms with Gasteiger partial charge in [-0.25, -0.2) is 4.98 Å². The Kier molecular flexibility index (Phi) is 6.02. The van der Waals surface area contributed by atoms with E-state index in [0.717, 1.165) is 32.7 Å².